The molecule has 0 bridgehead atoms. The van der Waals surface area contributed by atoms with Crippen LogP contribution < -0.4 is 14.5 Å². The van der Waals surface area contributed by atoms with Gasteiger partial charge in [0.15, 0.2) is 0 Å². The molecule has 7 aromatic rings. The Morgan fingerprint density at radius 3 is 2.31 bits per heavy atom. The third-order valence-electron chi connectivity index (χ3n) is 9.63. The zero-order valence-corrected chi connectivity index (χ0v) is 25.5. The van der Waals surface area contributed by atoms with Gasteiger partial charge in [0.25, 0.3) is 0 Å². The Balaban J connectivity index is 1.13. The molecule has 218 valence electrons. The minimum Gasteiger partial charge on any atom is -0.457 e. The summed E-state index contributed by atoms with van der Waals surface area (Å²) < 4.78 is 8.85. The molecule has 0 saturated heterocycles. The molecule has 0 amide bonds. The molecule has 5 heteroatoms. The van der Waals surface area contributed by atoms with Crippen LogP contribution in [-0.2, 0) is 5.41 Å². The topological polar surface area (TPSA) is 33.5 Å². The summed E-state index contributed by atoms with van der Waals surface area (Å²) in [6.45, 7) is 5.42. The molecule has 45 heavy (non-hydrogen) atoms. The Morgan fingerprint density at radius 2 is 1.40 bits per heavy atom. The monoisotopic (exact) mass is 584 g/mol. The van der Waals surface area contributed by atoms with Gasteiger partial charge in [0.05, 0.1) is 29.1 Å². The van der Waals surface area contributed by atoms with Crippen molar-refractivity contribution in [2.45, 2.75) is 19.3 Å². The van der Waals surface area contributed by atoms with Gasteiger partial charge in [0.2, 0.25) is 0 Å². The fraction of sp³-hybridized carbons (Fsp3) is 0.125. The van der Waals surface area contributed by atoms with Crippen molar-refractivity contribution in [3.8, 4) is 28.4 Å². The summed E-state index contributed by atoms with van der Waals surface area (Å²) in [5.74, 6) is 2.50. The Hall–Kier alpha value is -5.55. The number of aromatic nitrogens is 2. The number of nitrogens with zero attached hydrogens (tertiary/aromatic N) is 4. The van der Waals surface area contributed by atoms with E-state index in [1.54, 1.807) is 0 Å². The van der Waals surface area contributed by atoms with Crippen LogP contribution in [0.5, 0.6) is 11.5 Å². The maximum absolute atomic E-state index is 6.56. The van der Waals surface area contributed by atoms with Crippen LogP contribution in [0.4, 0.5) is 17.1 Å². The first-order valence-electron chi connectivity index (χ1n) is 15.5. The summed E-state index contributed by atoms with van der Waals surface area (Å²) in [6, 6.07) is 42.8. The van der Waals surface area contributed by atoms with Gasteiger partial charge in [-0.15, -0.1) is 0 Å². The van der Waals surface area contributed by atoms with E-state index in [1.165, 1.54) is 44.4 Å². The number of fused-ring (bicyclic) bond motifs is 7. The van der Waals surface area contributed by atoms with Gasteiger partial charge in [-0.3, -0.25) is 4.57 Å². The third kappa shape index (κ3) is 3.83. The minimum atomic E-state index is -0.105. The number of hydrogen-bond donors (Lipinski definition) is 0. The van der Waals surface area contributed by atoms with Crippen molar-refractivity contribution in [1.82, 2.24) is 9.55 Å². The molecule has 0 unspecified atom stereocenters. The number of pyridine rings is 1. The van der Waals surface area contributed by atoms with Crippen LogP contribution in [0.1, 0.15) is 25.0 Å². The SMILES string of the molecule is CN1CN(c2cccc(Oc3ccc4c5ccccc5n(-c5cc6c(cn5)-c5ccccc5C6(C)C)c4c3)c2)c2ccccc21. The van der Waals surface area contributed by atoms with Gasteiger partial charge < -0.3 is 14.5 Å². The second-order valence-electron chi connectivity index (χ2n) is 12.6. The van der Waals surface area contributed by atoms with Crippen molar-refractivity contribution in [2.24, 2.45) is 0 Å². The van der Waals surface area contributed by atoms with Gasteiger partial charge in [-0.25, -0.2) is 4.98 Å². The zero-order valence-electron chi connectivity index (χ0n) is 25.5. The summed E-state index contributed by atoms with van der Waals surface area (Å²) >= 11 is 0. The van der Waals surface area contributed by atoms with Gasteiger partial charge in [0.1, 0.15) is 17.3 Å². The third-order valence-corrected chi connectivity index (χ3v) is 9.63. The molecule has 5 nitrogen and oxygen atoms in total. The Bertz CT molecular complexity index is 2300. The number of ether oxygens (including phenoxy) is 1. The van der Waals surface area contributed by atoms with E-state index in [2.05, 4.69) is 157 Å². The van der Waals surface area contributed by atoms with Crippen molar-refractivity contribution in [3.63, 3.8) is 0 Å². The second kappa shape index (κ2) is 9.47. The van der Waals surface area contributed by atoms with E-state index in [0.717, 1.165) is 40.7 Å². The molecule has 0 N–H and O–H groups in total. The fourth-order valence-corrected chi connectivity index (χ4v) is 7.42. The van der Waals surface area contributed by atoms with Crippen LogP contribution >= 0.6 is 0 Å². The van der Waals surface area contributed by atoms with Crippen molar-refractivity contribution in [3.05, 3.63) is 139 Å². The highest BCUT2D eigenvalue weighted by Gasteiger charge is 2.36. The Morgan fingerprint density at radius 1 is 0.644 bits per heavy atom. The van der Waals surface area contributed by atoms with Crippen LogP contribution in [0.3, 0.4) is 0 Å². The molecular formula is C40H32N4O. The molecule has 1 aliphatic carbocycles. The normalized spacial score (nSPS) is 14.6. The highest BCUT2D eigenvalue weighted by atomic mass is 16.5. The van der Waals surface area contributed by atoms with Crippen molar-refractivity contribution < 1.29 is 4.74 Å². The fourth-order valence-electron chi connectivity index (χ4n) is 7.42. The number of benzene rings is 5. The lowest BCUT2D eigenvalue weighted by molar-refractivity contribution is 0.483. The van der Waals surface area contributed by atoms with Crippen molar-refractivity contribution >= 4 is 38.9 Å². The predicted octanol–water partition coefficient (Wildman–Crippen LogP) is 9.82. The number of para-hydroxylation sites is 3. The first-order chi connectivity index (χ1) is 22.0. The van der Waals surface area contributed by atoms with Crippen LogP contribution in [0.2, 0.25) is 0 Å². The zero-order chi connectivity index (χ0) is 30.3. The molecule has 1 aliphatic heterocycles. The molecule has 0 saturated carbocycles. The highest BCUT2D eigenvalue weighted by molar-refractivity contribution is 6.09. The molecule has 2 aliphatic rings. The summed E-state index contributed by atoms with van der Waals surface area (Å²) in [4.78, 5) is 9.65. The number of rotatable bonds is 4. The lowest BCUT2D eigenvalue weighted by atomic mass is 9.83. The summed E-state index contributed by atoms with van der Waals surface area (Å²) in [5.41, 5.74) is 10.8. The van der Waals surface area contributed by atoms with E-state index in [-0.39, 0.29) is 5.41 Å². The second-order valence-corrected chi connectivity index (χ2v) is 12.6. The van der Waals surface area contributed by atoms with Crippen molar-refractivity contribution in [1.29, 1.82) is 0 Å². The molecule has 0 fully saturated rings. The summed E-state index contributed by atoms with van der Waals surface area (Å²) in [7, 11) is 2.13. The molecule has 3 heterocycles. The quantitative estimate of drug-likeness (QED) is 0.206. The highest BCUT2D eigenvalue weighted by Crippen LogP contribution is 2.49. The molecule has 0 atom stereocenters. The first-order valence-corrected chi connectivity index (χ1v) is 15.5. The molecule has 5 aromatic carbocycles. The predicted molar refractivity (Wildman–Crippen MR) is 185 cm³/mol. The molecule has 2 aromatic heterocycles. The molecule has 0 radical (unpaired) electrons. The maximum Gasteiger partial charge on any atom is 0.137 e. The van der Waals surface area contributed by atoms with Gasteiger partial charge in [0, 0.05) is 52.8 Å². The summed E-state index contributed by atoms with van der Waals surface area (Å²) in [6.07, 6.45) is 2.05. The van der Waals surface area contributed by atoms with E-state index in [4.69, 9.17) is 9.72 Å². The maximum atomic E-state index is 6.56. The lowest BCUT2D eigenvalue weighted by Gasteiger charge is -2.22. The largest absolute Gasteiger partial charge is 0.457 e. The number of anilines is 3. The molecule has 0 spiro atoms. The van der Waals surface area contributed by atoms with E-state index in [9.17, 15) is 0 Å². The van der Waals surface area contributed by atoms with E-state index in [1.807, 2.05) is 6.07 Å². The van der Waals surface area contributed by atoms with Gasteiger partial charge in [-0.05, 0) is 65.2 Å². The average Bonchev–Trinajstić information content (AvgIpc) is 3.66. The van der Waals surface area contributed by atoms with Gasteiger partial charge in [-0.1, -0.05) is 74.5 Å². The lowest BCUT2D eigenvalue weighted by Crippen LogP contribution is -2.23. The number of hydrogen-bond acceptors (Lipinski definition) is 4. The molecule has 9 rings (SSSR count). The van der Waals surface area contributed by atoms with Crippen molar-refractivity contribution in [2.75, 3.05) is 23.5 Å². The first kappa shape index (κ1) is 25.9. The summed E-state index contributed by atoms with van der Waals surface area (Å²) in [5, 5.41) is 2.37. The van der Waals surface area contributed by atoms with Gasteiger partial charge >= 0.3 is 0 Å². The standard InChI is InChI=1S/C40H32N4O/c1-40(2)33-15-6-4-13-29(33)32-24-41-39(23-34(32)40)44-35-16-7-5-14-30(35)31-20-19-28(22-38(31)44)45-27-12-10-11-26(21-27)43-25-42(3)36-17-8-9-18-37(36)43/h4-24H,25H2,1-3H3. The van der Waals surface area contributed by atoms with E-state index < -0.39 is 0 Å². The smallest absolute Gasteiger partial charge is 0.137 e. The van der Waals surface area contributed by atoms with E-state index in [0.29, 0.717) is 0 Å². The Kier molecular flexibility index (Phi) is 5.45. The van der Waals surface area contributed by atoms with Gasteiger partial charge in [-0.2, -0.15) is 0 Å². The molecular weight excluding hydrogens is 552 g/mol. The van der Waals surface area contributed by atoms with E-state index >= 15 is 0 Å². The van der Waals surface area contributed by atoms with Crippen LogP contribution in [0, 0.1) is 0 Å². The van der Waals surface area contributed by atoms with Crippen LogP contribution in [0.15, 0.2) is 128 Å². The Labute approximate surface area is 262 Å². The minimum absolute atomic E-state index is 0.105. The van der Waals surface area contributed by atoms with Crippen LogP contribution in [0.25, 0.3) is 38.8 Å². The average molecular weight is 585 g/mol. The van der Waals surface area contributed by atoms with Crippen LogP contribution in [-0.4, -0.2) is 23.3 Å².